The second kappa shape index (κ2) is 4.13. The fraction of sp³-hybridized carbons (Fsp3) is 1.00. The zero-order valence-corrected chi connectivity index (χ0v) is 8.27. The van der Waals surface area contributed by atoms with E-state index in [2.05, 4.69) is 20.8 Å². The molecule has 0 heterocycles. The lowest BCUT2D eigenvalue weighted by atomic mass is 9.85. The first-order chi connectivity index (χ1) is 5.29. The minimum atomic E-state index is 1.01. The van der Waals surface area contributed by atoms with E-state index in [4.69, 9.17) is 0 Å². The third-order valence-electron chi connectivity index (χ3n) is 3.29. The van der Waals surface area contributed by atoms with Crippen molar-refractivity contribution in [1.29, 1.82) is 0 Å². The van der Waals surface area contributed by atoms with Crippen LogP contribution in [0.4, 0.5) is 0 Å². The highest BCUT2D eigenvalue weighted by Gasteiger charge is 2.31. The molecule has 1 saturated carbocycles. The van der Waals surface area contributed by atoms with Crippen LogP contribution in [0.1, 0.15) is 52.9 Å². The summed E-state index contributed by atoms with van der Waals surface area (Å²) in [6.45, 7) is 7.11. The van der Waals surface area contributed by atoms with Gasteiger partial charge in [-0.05, 0) is 30.6 Å². The van der Waals surface area contributed by atoms with Gasteiger partial charge in [-0.3, -0.25) is 0 Å². The molecule has 0 aromatic heterocycles. The summed E-state index contributed by atoms with van der Waals surface area (Å²) < 4.78 is 0. The average molecular weight is 154 g/mol. The Labute approximate surface area is 71.4 Å². The van der Waals surface area contributed by atoms with Crippen LogP contribution in [-0.4, -0.2) is 0 Å². The molecule has 0 aromatic rings. The molecule has 0 N–H and O–H groups in total. The molecule has 0 nitrogen and oxygen atoms in total. The van der Waals surface area contributed by atoms with E-state index in [0.717, 1.165) is 17.8 Å². The quantitative estimate of drug-likeness (QED) is 0.564. The van der Waals surface area contributed by atoms with Crippen LogP contribution in [0.3, 0.4) is 0 Å². The normalized spacial score (nSPS) is 23.2. The van der Waals surface area contributed by atoms with Crippen molar-refractivity contribution in [1.82, 2.24) is 0 Å². The average Bonchev–Trinajstić information content (AvgIpc) is 2.81. The van der Waals surface area contributed by atoms with Gasteiger partial charge in [0.1, 0.15) is 0 Å². The molecular weight excluding hydrogens is 132 g/mol. The molecule has 11 heavy (non-hydrogen) atoms. The van der Waals surface area contributed by atoms with Crippen molar-refractivity contribution < 1.29 is 0 Å². The molecule has 0 bridgehead atoms. The molecule has 0 aliphatic heterocycles. The van der Waals surface area contributed by atoms with Crippen LogP contribution < -0.4 is 0 Å². The molecular formula is C11H22. The summed E-state index contributed by atoms with van der Waals surface area (Å²) >= 11 is 0. The Hall–Kier alpha value is 0. The maximum Gasteiger partial charge on any atom is -0.0386 e. The zero-order chi connectivity index (χ0) is 8.27. The Morgan fingerprint density at radius 2 is 1.91 bits per heavy atom. The predicted molar refractivity (Wildman–Crippen MR) is 50.6 cm³/mol. The minimum absolute atomic E-state index is 1.01. The van der Waals surface area contributed by atoms with E-state index in [-0.39, 0.29) is 0 Å². The zero-order valence-electron chi connectivity index (χ0n) is 8.27. The standard InChI is InChI=1S/C11H22/c1-4-6-10(5-2)9(3)11-7-8-11/h9-11H,4-8H2,1-3H3. The Kier molecular flexibility index (Phi) is 3.42. The van der Waals surface area contributed by atoms with Crippen molar-refractivity contribution in [2.45, 2.75) is 52.9 Å². The SMILES string of the molecule is CCCC(CC)C(C)C1CC1. The van der Waals surface area contributed by atoms with Gasteiger partial charge in [-0.25, -0.2) is 0 Å². The van der Waals surface area contributed by atoms with Crippen LogP contribution in [0.25, 0.3) is 0 Å². The van der Waals surface area contributed by atoms with Gasteiger partial charge in [0.25, 0.3) is 0 Å². The lowest BCUT2D eigenvalue weighted by Gasteiger charge is -2.21. The molecule has 0 spiro atoms. The number of hydrogen-bond acceptors (Lipinski definition) is 0. The summed E-state index contributed by atoms with van der Waals surface area (Å²) in [7, 11) is 0. The first-order valence-corrected chi connectivity index (χ1v) is 5.29. The van der Waals surface area contributed by atoms with Crippen molar-refractivity contribution in [2.75, 3.05) is 0 Å². The van der Waals surface area contributed by atoms with Crippen molar-refractivity contribution >= 4 is 0 Å². The van der Waals surface area contributed by atoms with Crippen molar-refractivity contribution in [3.63, 3.8) is 0 Å². The molecule has 66 valence electrons. The highest BCUT2D eigenvalue weighted by atomic mass is 14.4. The van der Waals surface area contributed by atoms with Crippen LogP contribution in [-0.2, 0) is 0 Å². The molecule has 0 radical (unpaired) electrons. The van der Waals surface area contributed by atoms with Crippen molar-refractivity contribution in [2.24, 2.45) is 17.8 Å². The summed E-state index contributed by atoms with van der Waals surface area (Å²) in [6, 6.07) is 0. The van der Waals surface area contributed by atoms with Crippen molar-refractivity contribution in [3.05, 3.63) is 0 Å². The molecule has 1 rings (SSSR count). The second-order valence-corrected chi connectivity index (χ2v) is 4.15. The Balaban J connectivity index is 2.26. The number of rotatable bonds is 5. The van der Waals surface area contributed by atoms with Gasteiger partial charge in [-0.2, -0.15) is 0 Å². The molecule has 0 heteroatoms. The van der Waals surface area contributed by atoms with E-state index in [1.165, 1.54) is 32.1 Å². The number of hydrogen-bond donors (Lipinski definition) is 0. The van der Waals surface area contributed by atoms with Gasteiger partial charge in [0.2, 0.25) is 0 Å². The fourth-order valence-electron chi connectivity index (χ4n) is 2.22. The highest BCUT2D eigenvalue weighted by molar-refractivity contribution is 4.82. The first-order valence-electron chi connectivity index (χ1n) is 5.29. The molecule has 0 amide bonds. The van der Waals surface area contributed by atoms with Crippen molar-refractivity contribution in [3.8, 4) is 0 Å². The Morgan fingerprint density at radius 1 is 1.27 bits per heavy atom. The molecule has 1 aliphatic carbocycles. The molecule has 0 saturated heterocycles. The summed E-state index contributed by atoms with van der Waals surface area (Å²) in [4.78, 5) is 0. The molecule has 1 fully saturated rings. The van der Waals surface area contributed by atoms with E-state index in [9.17, 15) is 0 Å². The van der Waals surface area contributed by atoms with Crippen LogP contribution in [0.5, 0.6) is 0 Å². The fourth-order valence-corrected chi connectivity index (χ4v) is 2.22. The predicted octanol–water partition coefficient (Wildman–Crippen LogP) is 3.86. The van der Waals surface area contributed by atoms with Gasteiger partial charge in [-0.15, -0.1) is 0 Å². The van der Waals surface area contributed by atoms with Crippen LogP contribution in [0.2, 0.25) is 0 Å². The largest absolute Gasteiger partial charge is 0.0654 e. The van der Waals surface area contributed by atoms with Crippen LogP contribution >= 0.6 is 0 Å². The molecule has 0 aromatic carbocycles. The van der Waals surface area contributed by atoms with Crippen LogP contribution in [0, 0.1) is 17.8 Å². The lowest BCUT2D eigenvalue weighted by Crippen LogP contribution is -2.12. The minimum Gasteiger partial charge on any atom is -0.0654 e. The molecule has 2 atom stereocenters. The topological polar surface area (TPSA) is 0 Å². The van der Waals surface area contributed by atoms with Gasteiger partial charge < -0.3 is 0 Å². The van der Waals surface area contributed by atoms with Gasteiger partial charge in [0.05, 0.1) is 0 Å². The molecule has 2 unspecified atom stereocenters. The smallest absolute Gasteiger partial charge is 0.0386 e. The Morgan fingerprint density at radius 3 is 2.27 bits per heavy atom. The van der Waals surface area contributed by atoms with Crippen LogP contribution in [0.15, 0.2) is 0 Å². The van der Waals surface area contributed by atoms with Gasteiger partial charge >= 0.3 is 0 Å². The maximum atomic E-state index is 2.46. The Bertz CT molecular complexity index is 103. The molecule has 1 aliphatic rings. The van der Waals surface area contributed by atoms with Gasteiger partial charge in [0.15, 0.2) is 0 Å². The monoisotopic (exact) mass is 154 g/mol. The second-order valence-electron chi connectivity index (χ2n) is 4.15. The summed E-state index contributed by atoms with van der Waals surface area (Å²) in [6.07, 6.45) is 7.25. The van der Waals surface area contributed by atoms with Gasteiger partial charge in [-0.1, -0.05) is 40.0 Å². The summed E-state index contributed by atoms with van der Waals surface area (Å²) in [5.74, 6) is 3.14. The maximum absolute atomic E-state index is 2.46. The van der Waals surface area contributed by atoms with E-state index in [1.807, 2.05) is 0 Å². The summed E-state index contributed by atoms with van der Waals surface area (Å²) in [5.41, 5.74) is 0. The van der Waals surface area contributed by atoms with E-state index < -0.39 is 0 Å². The van der Waals surface area contributed by atoms with E-state index in [1.54, 1.807) is 0 Å². The third kappa shape index (κ3) is 2.50. The highest BCUT2D eigenvalue weighted by Crippen LogP contribution is 2.42. The summed E-state index contributed by atoms with van der Waals surface area (Å²) in [5, 5.41) is 0. The van der Waals surface area contributed by atoms with E-state index in [0.29, 0.717) is 0 Å². The van der Waals surface area contributed by atoms with Gasteiger partial charge in [0, 0.05) is 0 Å². The lowest BCUT2D eigenvalue weighted by molar-refractivity contribution is 0.291. The van der Waals surface area contributed by atoms with E-state index >= 15 is 0 Å². The third-order valence-corrected chi connectivity index (χ3v) is 3.29. The first kappa shape index (κ1) is 9.09.